The zero-order valence-electron chi connectivity index (χ0n) is 25.0. The molecular formula is C34H39N3O6S2. The van der Waals surface area contributed by atoms with Crippen LogP contribution < -0.4 is 10.8 Å². The summed E-state index contributed by atoms with van der Waals surface area (Å²) in [5, 5.41) is 21.0. The summed E-state index contributed by atoms with van der Waals surface area (Å²) in [6, 6.07) is 24.0. The molecule has 3 aromatic carbocycles. The Bertz CT molecular complexity index is 1500. The van der Waals surface area contributed by atoms with Crippen LogP contribution in [0.15, 0.2) is 77.1 Å². The Kier molecular flexibility index (Phi) is 12.4. The molecule has 0 bridgehead atoms. The van der Waals surface area contributed by atoms with Crippen LogP contribution in [-0.4, -0.2) is 39.0 Å². The molecule has 45 heavy (non-hydrogen) atoms. The number of aliphatic hydroxyl groups is 1. The van der Waals surface area contributed by atoms with E-state index in [0.717, 1.165) is 57.1 Å². The highest BCUT2D eigenvalue weighted by molar-refractivity contribution is 8.01. The minimum absolute atomic E-state index is 0.000826. The number of hydroxylamine groups is 1. The number of carbonyl (C=O) groups excluding carboxylic acids is 2. The van der Waals surface area contributed by atoms with Gasteiger partial charge in [-0.25, -0.2) is 10.5 Å². The number of carbonyl (C=O) groups is 2. The lowest BCUT2D eigenvalue weighted by atomic mass is 10.0. The van der Waals surface area contributed by atoms with E-state index in [4.69, 9.17) is 19.7 Å². The third-order valence-electron chi connectivity index (χ3n) is 7.71. The monoisotopic (exact) mass is 649 g/mol. The minimum atomic E-state index is -0.547. The van der Waals surface area contributed by atoms with E-state index in [1.54, 1.807) is 28.6 Å². The average Bonchev–Trinajstić information content (AvgIpc) is 3.51. The maximum atomic E-state index is 12.3. The zero-order chi connectivity index (χ0) is 31.4. The normalized spacial score (nSPS) is 18.1. The molecule has 5 rings (SSSR count). The van der Waals surface area contributed by atoms with Gasteiger partial charge in [0.1, 0.15) is 0 Å². The summed E-state index contributed by atoms with van der Waals surface area (Å²) in [7, 11) is 0. The highest BCUT2D eigenvalue weighted by atomic mass is 32.2. The standard InChI is InChI=1S/C34H39N3O6S2/c38-21-24-13-15-25(16-14-24)29-19-27(22-44-34-36-28-7-5-6-8-30(28)45-34)42-33(43-29)26-17-11-23(12-18-26)20-35-31(39)9-3-1-2-4-10-32(40)37-41/h5-8,11-18,27,29,33,38,41H,1-4,9-10,19-22H2,(H,35,39)(H,37,40)/t27-,29+,33+/m0/s1. The Balaban J connectivity index is 1.16. The van der Waals surface area contributed by atoms with E-state index in [9.17, 15) is 14.7 Å². The molecule has 2 heterocycles. The van der Waals surface area contributed by atoms with E-state index in [2.05, 4.69) is 11.4 Å². The van der Waals surface area contributed by atoms with Gasteiger partial charge in [-0.1, -0.05) is 85.3 Å². The Hall–Kier alpha value is -3.32. The number of nitrogens with one attached hydrogen (secondary N) is 2. The molecule has 0 unspecified atom stereocenters. The van der Waals surface area contributed by atoms with Crippen LogP contribution in [0.2, 0.25) is 0 Å². The Morgan fingerprint density at radius 3 is 2.27 bits per heavy atom. The molecule has 238 valence electrons. The van der Waals surface area contributed by atoms with Crippen molar-refractivity contribution in [3.8, 4) is 0 Å². The number of hydrogen-bond donors (Lipinski definition) is 4. The maximum absolute atomic E-state index is 12.3. The first-order chi connectivity index (χ1) is 22.0. The van der Waals surface area contributed by atoms with Crippen LogP contribution in [0.3, 0.4) is 0 Å². The largest absolute Gasteiger partial charge is 0.392 e. The number of thioether (sulfide) groups is 1. The third kappa shape index (κ3) is 9.83. The van der Waals surface area contributed by atoms with E-state index in [-0.39, 0.29) is 37.0 Å². The molecule has 1 saturated heterocycles. The summed E-state index contributed by atoms with van der Waals surface area (Å²) < 4.78 is 15.2. The molecule has 0 saturated carbocycles. The van der Waals surface area contributed by atoms with Crippen molar-refractivity contribution < 1.29 is 29.4 Å². The van der Waals surface area contributed by atoms with Gasteiger partial charge in [0, 0.05) is 37.1 Å². The molecule has 0 radical (unpaired) electrons. The van der Waals surface area contributed by atoms with Crippen molar-refractivity contribution in [3.63, 3.8) is 0 Å². The van der Waals surface area contributed by atoms with Gasteiger partial charge >= 0.3 is 0 Å². The van der Waals surface area contributed by atoms with Gasteiger partial charge in [0.15, 0.2) is 10.6 Å². The summed E-state index contributed by atoms with van der Waals surface area (Å²) in [4.78, 5) is 28.1. The summed E-state index contributed by atoms with van der Waals surface area (Å²) in [6.45, 7) is 0.433. The fourth-order valence-corrected chi connectivity index (χ4v) is 7.27. The first-order valence-corrected chi connectivity index (χ1v) is 17.1. The molecule has 2 amide bonds. The number of ether oxygens (including phenoxy) is 2. The van der Waals surface area contributed by atoms with E-state index in [0.29, 0.717) is 25.8 Å². The third-order valence-corrected chi connectivity index (χ3v) is 10.0. The number of thiazole rings is 1. The Labute approximate surface area is 271 Å². The molecule has 1 aromatic heterocycles. The molecular weight excluding hydrogens is 611 g/mol. The highest BCUT2D eigenvalue weighted by Crippen LogP contribution is 2.40. The van der Waals surface area contributed by atoms with Crippen molar-refractivity contribution in [2.45, 2.75) is 80.9 Å². The van der Waals surface area contributed by atoms with Crippen molar-refractivity contribution >= 4 is 45.1 Å². The highest BCUT2D eigenvalue weighted by Gasteiger charge is 2.32. The van der Waals surface area contributed by atoms with Crippen LogP contribution >= 0.6 is 23.1 Å². The predicted octanol–water partition coefficient (Wildman–Crippen LogP) is 6.59. The van der Waals surface area contributed by atoms with Gasteiger partial charge in [0.05, 0.1) is 29.0 Å². The average molecular weight is 650 g/mol. The number of para-hydroxylation sites is 1. The number of nitrogens with zero attached hydrogens (tertiary/aromatic N) is 1. The van der Waals surface area contributed by atoms with Crippen molar-refractivity contribution in [1.29, 1.82) is 0 Å². The topological polar surface area (TPSA) is 130 Å². The van der Waals surface area contributed by atoms with Gasteiger partial charge in [-0.15, -0.1) is 11.3 Å². The SMILES string of the molecule is O=C(CCCCCCC(=O)NCc1ccc([C@@H]2O[C@H](CSc3nc4ccccc4s3)C[C@H](c3ccc(CO)cc3)O2)cc1)NO. The van der Waals surface area contributed by atoms with Crippen molar-refractivity contribution in [2.75, 3.05) is 5.75 Å². The van der Waals surface area contributed by atoms with Gasteiger partial charge in [0.25, 0.3) is 0 Å². The van der Waals surface area contributed by atoms with Crippen LogP contribution in [-0.2, 0) is 32.2 Å². The van der Waals surface area contributed by atoms with Gasteiger partial charge in [-0.05, 0) is 41.7 Å². The number of unbranched alkanes of at least 4 members (excludes halogenated alkanes) is 3. The second-order valence-corrected chi connectivity index (χ2v) is 13.4. The maximum Gasteiger partial charge on any atom is 0.243 e. The lowest BCUT2D eigenvalue weighted by molar-refractivity contribution is -0.245. The quantitative estimate of drug-likeness (QED) is 0.0492. The molecule has 1 aliphatic heterocycles. The number of hydrogen-bond acceptors (Lipinski definition) is 9. The second-order valence-electron chi connectivity index (χ2n) is 11.1. The van der Waals surface area contributed by atoms with Crippen molar-refractivity contribution in [2.24, 2.45) is 0 Å². The lowest BCUT2D eigenvalue weighted by Gasteiger charge is -2.36. The number of rotatable bonds is 15. The number of aromatic nitrogens is 1. The fraction of sp³-hybridized carbons (Fsp3) is 0.382. The molecule has 9 nitrogen and oxygen atoms in total. The molecule has 1 fully saturated rings. The van der Waals surface area contributed by atoms with E-state index < -0.39 is 6.29 Å². The number of benzene rings is 3. The molecule has 4 N–H and O–H groups in total. The summed E-state index contributed by atoms with van der Waals surface area (Å²) in [5.41, 5.74) is 6.44. The first-order valence-electron chi connectivity index (χ1n) is 15.3. The van der Waals surface area contributed by atoms with Gasteiger partial charge in [-0.2, -0.15) is 0 Å². The van der Waals surface area contributed by atoms with Crippen LogP contribution in [0.5, 0.6) is 0 Å². The van der Waals surface area contributed by atoms with E-state index in [1.807, 2.05) is 66.7 Å². The van der Waals surface area contributed by atoms with E-state index in [1.165, 1.54) is 4.70 Å². The molecule has 4 aromatic rings. The predicted molar refractivity (Wildman–Crippen MR) is 175 cm³/mol. The zero-order valence-corrected chi connectivity index (χ0v) is 26.7. The molecule has 11 heteroatoms. The van der Waals surface area contributed by atoms with Gasteiger partial charge in [0.2, 0.25) is 11.8 Å². The first kappa shape index (κ1) is 33.1. The number of fused-ring (bicyclic) bond motifs is 1. The van der Waals surface area contributed by atoms with Gasteiger partial charge in [-0.3, -0.25) is 14.8 Å². The number of aliphatic hydroxyl groups excluding tert-OH is 1. The number of amides is 2. The summed E-state index contributed by atoms with van der Waals surface area (Å²) in [6.07, 6.45) is 3.79. The Morgan fingerprint density at radius 2 is 1.56 bits per heavy atom. The lowest BCUT2D eigenvalue weighted by Crippen LogP contribution is -2.31. The second kappa shape index (κ2) is 16.8. The van der Waals surface area contributed by atoms with Crippen molar-refractivity contribution in [1.82, 2.24) is 15.8 Å². The van der Waals surface area contributed by atoms with Crippen LogP contribution in [0, 0.1) is 0 Å². The van der Waals surface area contributed by atoms with E-state index >= 15 is 0 Å². The molecule has 3 atom stereocenters. The molecule has 1 aliphatic rings. The summed E-state index contributed by atoms with van der Waals surface area (Å²) in [5.74, 6) is 0.357. The van der Waals surface area contributed by atoms with Crippen molar-refractivity contribution in [3.05, 3.63) is 95.1 Å². The van der Waals surface area contributed by atoms with Crippen LogP contribution in [0.4, 0.5) is 0 Å². The summed E-state index contributed by atoms with van der Waals surface area (Å²) >= 11 is 3.40. The van der Waals surface area contributed by atoms with Crippen LogP contribution in [0.1, 0.15) is 79.6 Å². The fourth-order valence-electron chi connectivity index (χ4n) is 5.16. The minimum Gasteiger partial charge on any atom is -0.392 e. The van der Waals surface area contributed by atoms with Crippen LogP contribution in [0.25, 0.3) is 10.2 Å². The molecule has 0 aliphatic carbocycles. The van der Waals surface area contributed by atoms with Gasteiger partial charge < -0.3 is 19.9 Å². The Morgan fingerprint density at radius 1 is 0.867 bits per heavy atom. The molecule has 0 spiro atoms. The smallest absolute Gasteiger partial charge is 0.243 e.